The second kappa shape index (κ2) is 8.91. The van der Waals surface area contributed by atoms with E-state index in [1.54, 1.807) is 36.4 Å². The molecule has 0 saturated carbocycles. The van der Waals surface area contributed by atoms with Crippen molar-refractivity contribution in [1.29, 1.82) is 0 Å². The van der Waals surface area contributed by atoms with Gasteiger partial charge in [0, 0.05) is 18.6 Å². The number of nitro benzene ring substituents is 1. The molecule has 1 heterocycles. The van der Waals surface area contributed by atoms with Gasteiger partial charge in [0.25, 0.3) is 17.5 Å². The zero-order valence-electron chi connectivity index (χ0n) is 17.6. The summed E-state index contributed by atoms with van der Waals surface area (Å²) in [4.78, 5) is 50.9. The summed E-state index contributed by atoms with van der Waals surface area (Å²) in [5.74, 6) is -1.31. The van der Waals surface area contributed by atoms with Crippen LogP contribution >= 0.6 is 0 Å². The molecule has 0 aliphatic carbocycles. The number of nitrogens with one attached hydrogen (secondary N) is 1. The Bertz CT molecular complexity index is 1220. The number of hydrogen-bond acceptors (Lipinski definition) is 6. The zero-order valence-corrected chi connectivity index (χ0v) is 17.6. The number of amides is 3. The van der Waals surface area contributed by atoms with Crippen LogP contribution in [0.25, 0.3) is 0 Å². The number of nitro groups is 1. The lowest BCUT2D eigenvalue weighted by Gasteiger charge is -2.26. The van der Waals surface area contributed by atoms with Crippen LogP contribution < -0.4 is 10.1 Å². The topological polar surface area (TPSA) is 119 Å². The number of anilines is 1. The van der Waals surface area contributed by atoms with Gasteiger partial charge in [0.05, 0.1) is 28.8 Å². The van der Waals surface area contributed by atoms with E-state index in [9.17, 15) is 24.5 Å². The molecule has 1 atom stereocenters. The first-order chi connectivity index (χ1) is 15.9. The van der Waals surface area contributed by atoms with Crippen molar-refractivity contribution in [2.75, 3.05) is 12.4 Å². The van der Waals surface area contributed by atoms with Crippen molar-refractivity contribution in [3.05, 3.63) is 99.6 Å². The van der Waals surface area contributed by atoms with Gasteiger partial charge in [-0.25, -0.2) is 0 Å². The third-order valence-electron chi connectivity index (χ3n) is 5.38. The van der Waals surface area contributed by atoms with Crippen molar-refractivity contribution in [2.45, 2.75) is 12.5 Å². The maximum absolute atomic E-state index is 13.4. The van der Waals surface area contributed by atoms with Crippen molar-refractivity contribution >= 4 is 29.1 Å². The molecule has 1 aliphatic rings. The van der Waals surface area contributed by atoms with Gasteiger partial charge >= 0.3 is 0 Å². The SMILES string of the molecule is COc1ccccc1NC(=O)[C@H](Cc1ccc([N+](=O)[O-])cc1)N1C(=O)c2ccccc2C1=O. The highest BCUT2D eigenvalue weighted by molar-refractivity contribution is 6.23. The lowest BCUT2D eigenvalue weighted by atomic mass is 10.0. The molecular weight excluding hydrogens is 426 g/mol. The summed E-state index contributed by atoms with van der Waals surface area (Å²) in [5, 5.41) is 13.7. The third kappa shape index (κ3) is 4.16. The molecule has 0 saturated heterocycles. The van der Waals surface area contributed by atoms with Gasteiger partial charge in [0.1, 0.15) is 11.8 Å². The fourth-order valence-electron chi connectivity index (χ4n) is 3.73. The number of hydrogen-bond donors (Lipinski definition) is 1. The molecule has 0 spiro atoms. The summed E-state index contributed by atoms with van der Waals surface area (Å²) < 4.78 is 5.27. The van der Waals surface area contributed by atoms with Crippen molar-refractivity contribution in [3.8, 4) is 5.75 Å². The Morgan fingerprint density at radius 1 is 0.970 bits per heavy atom. The number of nitrogens with zero attached hydrogens (tertiary/aromatic N) is 2. The van der Waals surface area contributed by atoms with Crippen LogP contribution in [0.5, 0.6) is 5.75 Å². The third-order valence-corrected chi connectivity index (χ3v) is 5.38. The molecule has 0 unspecified atom stereocenters. The average Bonchev–Trinajstić information content (AvgIpc) is 3.08. The van der Waals surface area contributed by atoms with E-state index in [0.717, 1.165) is 4.90 Å². The quantitative estimate of drug-likeness (QED) is 0.338. The van der Waals surface area contributed by atoms with Gasteiger partial charge in [0.2, 0.25) is 5.91 Å². The Kier molecular flexibility index (Phi) is 5.86. The smallest absolute Gasteiger partial charge is 0.269 e. The van der Waals surface area contributed by atoms with E-state index in [4.69, 9.17) is 4.74 Å². The lowest BCUT2D eigenvalue weighted by molar-refractivity contribution is -0.384. The van der Waals surface area contributed by atoms with E-state index < -0.39 is 28.7 Å². The molecule has 4 rings (SSSR count). The lowest BCUT2D eigenvalue weighted by Crippen LogP contribution is -2.48. The highest BCUT2D eigenvalue weighted by atomic mass is 16.6. The molecule has 9 nitrogen and oxygen atoms in total. The molecule has 166 valence electrons. The first kappa shape index (κ1) is 21.7. The highest BCUT2D eigenvalue weighted by Crippen LogP contribution is 2.28. The van der Waals surface area contributed by atoms with Crippen molar-refractivity contribution < 1.29 is 24.0 Å². The monoisotopic (exact) mass is 445 g/mol. The molecule has 1 N–H and O–H groups in total. The first-order valence-electron chi connectivity index (χ1n) is 10.0. The van der Waals surface area contributed by atoms with Crippen molar-refractivity contribution in [3.63, 3.8) is 0 Å². The molecule has 9 heteroatoms. The number of carbonyl (C=O) groups is 3. The van der Waals surface area contributed by atoms with E-state index >= 15 is 0 Å². The Hall–Kier alpha value is -4.53. The predicted octanol–water partition coefficient (Wildman–Crippen LogP) is 3.45. The van der Waals surface area contributed by atoms with Crippen LogP contribution in [0.4, 0.5) is 11.4 Å². The van der Waals surface area contributed by atoms with Crippen LogP contribution in [0.15, 0.2) is 72.8 Å². The first-order valence-corrected chi connectivity index (χ1v) is 10.0. The van der Waals surface area contributed by atoms with Gasteiger partial charge in [-0.05, 0) is 29.8 Å². The Morgan fingerprint density at radius 3 is 2.12 bits per heavy atom. The molecule has 33 heavy (non-hydrogen) atoms. The predicted molar refractivity (Wildman–Crippen MR) is 119 cm³/mol. The maximum Gasteiger partial charge on any atom is 0.269 e. The van der Waals surface area contributed by atoms with Crippen LogP contribution in [0.2, 0.25) is 0 Å². The van der Waals surface area contributed by atoms with Crippen LogP contribution in [-0.4, -0.2) is 40.7 Å². The second-order valence-electron chi connectivity index (χ2n) is 7.36. The second-order valence-corrected chi connectivity index (χ2v) is 7.36. The Labute approximate surface area is 188 Å². The number of imide groups is 1. The van der Waals surface area contributed by atoms with Crippen molar-refractivity contribution in [2.24, 2.45) is 0 Å². The van der Waals surface area contributed by atoms with Gasteiger partial charge in [-0.1, -0.05) is 36.4 Å². The number of methoxy groups -OCH3 is 1. The minimum atomic E-state index is -1.19. The normalized spacial score (nSPS) is 13.4. The molecule has 0 bridgehead atoms. The summed E-state index contributed by atoms with van der Waals surface area (Å²) in [6.07, 6.45) is -0.0234. The van der Waals surface area contributed by atoms with Gasteiger partial charge in [-0.3, -0.25) is 29.4 Å². The van der Waals surface area contributed by atoms with Crippen molar-refractivity contribution in [1.82, 2.24) is 4.90 Å². The van der Waals surface area contributed by atoms with E-state index in [0.29, 0.717) is 17.0 Å². The molecule has 0 radical (unpaired) electrons. The van der Waals surface area contributed by atoms with Crippen LogP contribution in [0.1, 0.15) is 26.3 Å². The summed E-state index contributed by atoms with van der Waals surface area (Å²) >= 11 is 0. The van der Waals surface area contributed by atoms with E-state index in [1.807, 2.05) is 0 Å². The summed E-state index contributed by atoms with van der Waals surface area (Å²) in [5.41, 5.74) is 1.28. The Morgan fingerprint density at radius 2 is 1.55 bits per heavy atom. The maximum atomic E-state index is 13.4. The van der Waals surface area contributed by atoms with E-state index in [2.05, 4.69) is 5.32 Å². The number of benzene rings is 3. The average molecular weight is 445 g/mol. The zero-order chi connectivity index (χ0) is 23.5. The number of non-ortho nitro benzene ring substituents is 1. The van der Waals surface area contributed by atoms with Gasteiger partial charge in [-0.15, -0.1) is 0 Å². The van der Waals surface area contributed by atoms with Crippen LogP contribution in [0, 0.1) is 10.1 Å². The van der Waals surface area contributed by atoms with Crippen LogP contribution in [0.3, 0.4) is 0 Å². The molecule has 0 aromatic heterocycles. The fraction of sp³-hybridized carbons (Fsp3) is 0.125. The Balaban J connectivity index is 1.69. The fourth-order valence-corrected chi connectivity index (χ4v) is 3.73. The summed E-state index contributed by atoms with van der Waals surface area (Å²) in [7, 11) is 1.46. The standard InChI is InChI=1S/C24H19N3O6/c1-33-21-9-5-4-8-19(21)25-22(28)20(14-15-10-12-16(13-11-15)27(31)32)26-23(29)17-6-2-3-7-18(17)24(26)30/h2-13,20H,14H2,1H3,(H,25,28)/t20-/m0/s1. The van der Waals surface area contributed by atoms with E-state index in [1.165, 1.54) is 43.5 Å². The molecule has 3 amide bonds. The molecular formula is C24H19N3O6. The number of para-hydroxylation sites is 2. The minimum Gasteiger partial charge on any atom is -0.495 e. The number of carbonyl (C=O) groups excluding carboxylic acids is 3. The molecule has 1 aliphatic heterocycles. The van der Waals surface area contributed by atoms with Gasteiger partial charge in [0.15, 0.2) is 0 Å². The molecule has 3 aromatic rings. The molecule has 3 aromatic carbocycles. The number of ether oxygens (including phenoxy) is 1. The number of rotatable bonds is 7. The molecule has 0 fully saturated rings. The highest BCUT2D eigenvalue weighted by Gasteiger charge is 2.42. The minimum absolute atomic E-state index is 0.0234. The van der Waals surface area contributed by atoms with Crippen LogP contribution in [-0.2, 0) is 11.2 Å². The summed E-state index contributed by atoms with van der Waals surface area (Å²) in [6.45, 7) is 0. The van der Waals surface area contributed by atoms with Gasteiger partial charge < -0.3 is 10.1 Å². The largest absolute Gasteiger partial charge is 0.495 e. The van der Waals surface area contributed by atoms with E-state index in [-0.39, 0.29) is 23.2 Å². The summed E-state index contributed by atoms with van der Waals surface area (Å²) in [6, 6.07) is 17.6. The van der Waals surface area contributed by atoms with Gasteiger partial charge in [-0.2, -0.15) is 0 Å². The number of fused-ring (bicyclic) bond motifs is 1.